The quantitative estimate of drug-likeness (QED) is 0.786. The summed E-state index contributed by atoms with van der Waals surface area (Å²) in [5, 5.41) is 0. The molecule has 0 aromatic carbocycles. The summed E-state index contributed by atoms with van der Waals surface area (Å²) in [7, 11) is 0. The molecule has 3 heterocycles. The highest BCUT2D eigenvalue weighted by Crippen LogP contribution is 2.33. The molecule has 0 unspecified atom stereocenters. The first-order chi connectivity index (χ1) is 11.0. The molecule has 0 saturated carbocycles. The molecule has 1 aromatic rings. The Morgan fingerprint density at radius 3 is 2.70 bits per heavy atom. The van der Waals surface area contributed by atoms with Crippen LogP contribution in [-0.2, 0) is 11.3 Å². The first-order valence-electron chi connectivity index (χ1n) is 8.35. The van der Waals surface area contributed by atoms with Gasteiger partial charge in [0.25, 0.3) is 11.5 Å². The molecular formula is C18H24N2O3. The van der Waals surface area contributed by atoms with E-state index < -0.39 is 0 Å². The van der Waals surface area contributed by atoms with Crippen molar-refractivity contribution in [3.8, 4) is 0 Å². The number of aromatic nitrogens is 1. The van der Waals surface area contributed by atoms with E-state index in [-0.39, 0.29) is 17.1 Å². The third kappa shape index (κ3) is 3.24. The number of ether oxygens (including phenoxy) is 1. The number of likely N-dealkylation sites (tertiary alicyclic amines) is 1. The van der Waals surface area contributed by atoms with E-state index in [9.17, 15) is 9.59 Å². The minimum absolute atomic E-state index is 0.0586. The maximum absolute atomic E-state index is 12.6. The largest absolute Gasteiger partial charge is 0.370 e. The molecule has 2 aliphatic rings. The second-order valence-corrected chi connectivity index (χ2v) is 6.49. The molecule has 0 radical (unpaired) electrons. The maximum Gasteiger partial charge on any atom is 0.254 e. The van der Waals surface area contributed by atoms with Crippen LogP contribution >= 0.6 is 0 Å². The highest BCUT2D eigenvalue weighted by atomic mass is 16.5. The molecule has 1 amide bonds. The number of amides is 1. The van der Waals surface area contributed by atoms with Crippen LogP contribution in [0.1, 0.15) is 43.5 Å². The highest BCUT2D eigenvalue weighted by molar-refractivity contribution is 5.94. The molecule has 0 N–H and O–H groups in total. The van der Waals surface area contributed by atoms with Crippen molar-refractivity contribution < 1.29 is 9.53 Å². The van der Waals surface area contributed by atoms with E-state index in [0.29, 0.717) is 25.2 Å². The lowest BCUT2D eigenvalue weighted by Gasteiger charge is -2.42. The zero-order valence-electron chi connectivity index (χ0n) is 13.9. The lowest BCUT2D eigenvalue weighted by Crippen LogP contribution is -2.48. The Kier molecular flexibility index (Phi) is 4.39. The van der Waals surface area contributed by atoms with Crippen molar-refractivity contribution in [3.63, 3.8) is 0 Å². The fraction of sp³-hybridized carbons (Fsp3) is 0.556. The van der Waals surface area contributed by atoms with Crippen LogP contribution in [-0.4, -0.2) is 40.7 Å². The number of aryl methyl sites for hydroxylation is 1. The average molecular weight is 316 g/mol. The Hall–Kier alpha value is -1.88. The molecule has 1 fully saturated rings. The fourth-order valence-electron chi connectivity index (χ4n) is 3.44. The van der Waals surface area contributed by atoms with E-state index in [1.54, 1.807) is 16.8 Å². The van der Waals surface area contributed by atoms with E-state index in [0.717, 1.165) is 25.9 Å². The molecule has 124 valence electrons. The number of hydrogen-bond acceptors (Lipinski definition) is 3. The highest BCUT2D eigenvalue weighted by Gasteiger charge is 2.36. The maximum atomic E-state index is 12.6. The molecule has 0 atom stereocenters. The first-order valence-corrected chi connectivity index (χ1v) is 8.35. The number of piperidine rings is 1. The topological polar surface area (TPSA) is 51.5 Å². The minimum Gasteiger partial charge on any atom is -0.370 e. The standard InChI is InChI=1S/C18H24N2O3/c1-3-19-8-4-15(12-16(19)21)17(22)20-9-6-18(7-10-20)13-14(2)5-11-23-18/h4,8,12-13H,3,5-7,9-11H2,1-2H3. The van der Waals surface area contributed by atoms with E-state index in [1.165, 1.54) is 11.6 Å². The summed E-state index contributed by atoms with van der Waals surface area (Å²) >= 11 is 0. The van der Waals surface area contributed by atoms with Crippen LogP contribution in [0, 0.1) is 0 Å². The molecule has 23 heavy (non-hydrogen) atoms. The van der Waals surface area contributed by atoms with Gasteiger partial charge in [0.05, 0.1) is 12.2 Å². The van der Waals surface area contributed by atoms with E-state index in [2.05, 4.69) is 13.0 Å². The Labute approximate surface area is 136 Å². The third-order valence-corrected chi connectivity index (χ3v) is 4.88. The lowest BCUT2D eigenvalue weighted by molar-refractivity contribution is -0.0522. The predicted molar refractivity (Wildman–Crippen MR) is 88.6 cm³/mol. The molecule has 5 heteroatoms. The van der Waals surface area contributed by atoms with Crippen molar-refractivity contribution in [3.05, 3.63) is 45.9 Å². The van der Waals surface area contributed by atoms with Gasteiger partial charge in [0, 0.05) is 37.5 Å². The molecule has 5 nitrogen and oxygen atoms in total. The van der Waals surface area contributed by atoms with Gasteiger partial charge in [-0.05, 0) is 39.2 Å². The van der Waals surface area contributed by atoms with E-state index in [1.807, 2.05) is 11.8 Å². The Bertz CT molecular complexity index is 682. The van der Waals surface area contributed by atoms with Gasteiger partial charge < -0.3 is 14.2 Å². The van der Waals surface area contributed by atoms with Crippen LogP contribution in [0.15, 0.2) is 34.8 Å². The molecule has 3 rings (SSSR count). The summed E-state index contributed by atoms with van der Waals surface area (Å²) in [5.74, 6) is -0.0586. The number of hydrogen-bond donors (Lipinski definition) is 0. The molecular weight excluding hydrogens is 292 g/mol. The minimum atomic E-state index is -0.190. The van der Waals surface area contributed by atoms with Crippen molar-refractivity contribution in [2.75, 3.05) is 19.7 Å². The average Bonchev–Trinajstić information content (AvgIpc) is 2.55. The van der Waals surface area contributed by atoms with Crippen molar-refractivity contribution >= 4 is 5.91 Å². The Balaban J connectivity index is 1.70. The normalized spacial score (nSPS) is 20.4. The molecule has 0 bridgehead atoms. The van der Waals surface area contributed by atoms with Crippen LogP contribution in [0.3, 0.4) is 0 Å². The Morgan fingerprint density at radius 1 is 1.35 bits per heavy atom. The van der Waals surface area contributed by atoms with Gasteiger partial charge >= 0.3 is 0 Å². The second-order valence-electron chi connectivity index (χ2n) is 6.49. The van der Waals surface area contributed by atoms with Gasteiger partial charge in [-0.3, -0.25) is 9.59 Å². The fourth-order valence-corrected chi connectivity index (χ4v) is 3.44. The molecule has 0 aliphatic carbocycles. The molecule has 1 saturated heterocycles. The Morgan fingerprint density at radius 2 is 2.09 bits per heavy atom. The van der Waals surface area contributed by atoms with E-state index >= 15 is 0 Å². The molecule has 1 aromatic heterocycles. The van der Waals surface area contributed by atoms with Crippen LogP contribution in [0.2, 0.25) is 0 Å². The number of carbonyl (C=O) groups is 1. The summed E-state index contributed by atoms with van der Waals surface area (Å²) in [6.45, 7) is 6.77. The summed E-state index contributed by atoms with van der Waals surface area (Å²) in [6, 6.07) is 3.18. The SMILES string of the molecule is CCn1ccc(C(=O)N2CCC3(C=C(C)CCO3)CC2)cc1=O. The zero-order valence-corrected chi connectivity index (χ0v) is 13.9. The third-order valence-electron chi connectivity index (χ3n) is 4.88. The van der Waals surface area contributed by atoms with Crippen molar-refractivity contribution in [1.82, 2.24) is 9.47 Å². The number of rotatable bonds is 2. The van der Waals surface area contributed by atoms with Crippen molar-refractivity contribution in [2.45, 2.75) is 45.3 Å². The monoisotopic (exact) mass is 316 g/mol. The van der Waals surface area contributed by atoms with Gasteiger partial charge in [0.15, 0.2) is 0 Å². The van der Waals surface area contributed by atoms with E-state index in [4.69, 9.17) is 4.74 Å². The predicted octanol–water partition coefficient (Wildman–Crippen LogP) is 2.21. The van der Waals surface area contributed by atoms with Crippen molar-refractivity contribution in [2.24, 2.45) is 0 Å². The zero-order chi connectivity index (χ0) is 16.4. The van der Waals surface area contributed by atoms with Gasteiger partial charge in [-0.25, -0.2) is 0 Å². The van der Waals surface area contributed by atoms with Crippen LogP contribution < -0.4 is 5.56 Å². The van der Waals surface area contributed by atoms with Crippen LogP contribution in [0.4, 0.5) is 0 Å². The first kappa shape index (κ1) is 16.0. The number of nitrogens with zero attached hydrogens (tertiary/aromatic N) is 2. The summed E-state index contributed by atoms with van der Waals surface area (Å²) in [5.41, 5.74) is 1.54. The number of pyridine rings is 1. The summed E-state index contributed by atoms with van der Waals surface area (Å²) in [6.07, 6.45) is 6.57. The molecule has 1 spiro atoms. The summed E-state index contributed by atoms with van der Waals surface area (Å²) < 4.78 is 7.58. The van der Waals surface area contributed by atoms with Gasteiger partial charge in [0.1, 0.15) is 0 Å². The smallest absolute Gasteiger partial charge is 0.254 e. The number of carbonyl (C=O) groups excluding carboxylic acids is 1. The van der Waals surface area contributed by atoms with Crippen molar-refractivity contribution in [1.29, 1.82) is 0 Å². The van der Waals surface area contributed by atoms with Gasteiger partial charge in [-0.15, -0.1) is 0 Å². The van der Waals surface area contributed by atoms with Crippen LogP contribution in [0.25, 0.3) is 0 Å². The lowest BCUT2D eigenvalue weighted by atomic mass is 9.87. The molecule has 2 aliphatic heterocycles. The van der Waals surface area contributed by atoms with Gasteiger partial charge in [0.2, 0.25) is 0 Å². The second kappa shape index (κ2) is 6.32. The summed E-state index contributed by atoms with van der Waals surface area (Å²) in [4.78, 5) is 26.3. The van der Waals surface area contributed by atoms with Crippen LogP contribution in [0.5, 0.6) is 0 Å². The van der Waals surface area contributed by atoms with Gasteiger partial charge in [-0.1, -0.05) is 11.6 Å². The van der Waals surface area contributed by atoms with Gasteiger partial charge in [-0.2, -0.15) is 0 Å².